The first-order valence-electron chi connectivity index (χ1n) is 7.25. The van der Waals surface area contributed by atoms with Crippen molar-refractivity contribution >= 4 is 26.9 Å². The van der Waals surface area contributed by atoms with Crippen LogP contribution in [0.1, 0.15) is 38.5 Å². The predicted octanol–water partition coefficient (Wildman–Crippen LogP) is 4.07. The molecule has 1 aromatic heterocycles. The van der Waals surface area contributed by atoms with Crippen molar-refractivity contribution in [1.29, 1.82) is 0 Å². The van der Waals surface area contributed by atoms with Gasteiger partial charge in [0.1, 0.15) is 11.3 Å². The number of benzene rings is 1. The van der Waals surface area contributed by atoms with E-state index in [1.807, 2.05) is 12.1 Å². The van der Waals surface area contributed by atoms with E-state index in [0.29, 0.717) is 18.1 Å². The smallest absolute Gasteiger partial charge is 0.134 e. The van der Waals surface area contributed by atoms with Crippen molar-refractivity contribution in [3.8, 4) is 0 Å². The molecule has 0 radical (unpaired) electrons. The summed E-state index contributed by atoms with van der Waals surface area (Å²) >= 11 is 3.51. The number of nitrogens with two attached hydrogens (primary N) is 1. The van der Waals surface area contributed by atoms with Gasteiger partial charge in [0.2, 0.25) is 0 Å². The molecule has 2 aromatic rings. The number of furan rings is 1. The molecule has 4 heteroatoms. The summed E-state index contributed by atoms with van der Waals surface area (Å²) in [5.41, 5.74) is 7.00. The first-order valence-corrected chi connectivity index (χ1v) is 8.04. The van der Waals surface area contributed by atoms with Crippen molar-refractivity contribution in [2.24, 2.45) is 5.73 Å². The highest BCUT2D eigenvalue weighted by Crippen LogP contribution is 2.32. The van der Waals surface area contributed by atoms with E-state index >= 15 is 0 Å². The molecule has 108 valence electrons. The van der Waals surface area contributed by atoms with Crippen molar-refractivity contribution in [2.75, 3.05) is 6.54 Å². The van der Waals surface area contributed by atoms with E-state index in [1.165, 1.54) is 0 Å². The van der Waals surface area contributed by atoms with Gasteiger partial charge in [-0.3, -0.25) is 4.90 Å². The molecule has 1 saturated heterocycles. The zero-order valence-corrected chi connectivity index (χ0v) is 13.6. The van der Waals surface area contributed by atoms with E-state index in [0.717, 1.165) is 40.6 Å². The molecule has 3 nitrogen and oxygen atoms in total. The minimum atomic E-state index is 0.295. The molecule has 0 spiro atoms. The summed E-state index contributed by atoms with van der Waals surface area (Å²) in [5, 5.41) is 1.16. The lowest BCUT2D eigenvalue weighted by Gasteiger charge is -2.39. The number of fused-ring (bicyclic) bond motifs is 1. The molecule has 1 fully saturated rings. The molecule has 3 rings (SSSR count). The van der Waals surface area contributed by atoms with Crippen LogP contribution in [0.4, 0.5) is 0 Å². The quantitative estimate of drug-likeness (QED) is 0.898. The molecule has 3 unspecified atom stereocenters. The second-order valence-corrected chi connectivity index (χ2v) is 6.79. The summed E-state index contributed by atoms with van der Waals surface area (Å²) in [4.78, 5) is 2.50. The van der Waals surface area contributed by atoms with Gasteiger partial charge < -0.3 is 10.2 Å². The van der Waals surface area contributed by atoms with Gasteiger partial charge in [0.25, 0.3) is 0 Å². The molecular formula is C16H21BrN2O. The van der Waals surface area contributed by atoms with Crippen molar-refractivity contribution < 1.29 is 4.42 Å². The molecule has 2 heterocycles. The molecule has 3 atom stereocenters. The Morgan fingerprint density at radius 2 is 2.20 bits per heavy atom. The SMILES string of the molecule is CC1CC(N)CCN1C(C)c1cc2cc(Br)ccc2o1. The largest absolute Gasteiger partial charge is 0.459 e. The van der Waals surface area contributed by atoms with Crippen LogP contribution in [0.15, 0.2) is 33.2 Å². The van der Waals surface area contributed by atoms with E-state index in [4.69, 9.17) is 10.2 Å². The summed E-state index contributed by atoms with van der Waals surface area (Å²) < 4.78 is 7.10. The Bertz CT molecular complexity index is 610. The molecule has 2 N–H and O–H groups in total. The van der Waals surface area contributed by atoms with E-state index < -0.39 is 0 Å². The summed E-state index contributed by atoms with van der Waals surface area (Å²) in [5.74, 6) is 1.04. The van der Waals surface area contributed by atoms with Crippen LogP contribution in [0.2, 0.25) is 0 Å². The summed E-state index contributed by atoms with van der Waals surface area (Å²) in [7, 11) is 0. The van der Waals surface area contributed by atoms with E-state index in [2.05, 4.69) is 46.8 Å². The maximum atomic E-state index is 6.05. The van der Waals surface area contributed by atoms with Crippen LogP contribution < -0.4 is 5.73 Å². The molecule has 0 aliphatic carbocycles. The first kappa shape index (κ1) is 14.1. The monoisotopic (exact) mass is 336 g/mol. The Balaban J connectivity index is 1.86. The van der Waals surface area contributed by atoms with Crippen LogP contribution in [0, 0.1) is 0 Å². The molecule has 1 aliphatic heterocycles. The molecule has 1 aliphatic rings. The van der Waals surface area contributed by atoms with Crippen molar-refractivity contribution in [3.63, 3.8) is 0 Å². The van der Waals surface area contributed by atoms with Gasteiger partial charge in [0.05, 0.1) is 6.04 Å². The Morgan fingerprint density at radius 3 is 2.95 bits per heavy atom. The van der Waals surface area contributed by atoms with Crippen LogP contribution >= 0.6 is 15.9 Å². The molecule has 0 saturated carbocycles. The van der Waals surface area contributed by atoms with Crippen LogP contribution in [0.25, 0.3) is 11.0 Å². The summed E-state index contributed by atoms with van der Waals surface area (Å²) in [6.45, 7) is 5.53. The van der Waals surface area contributed by atoms with Crippen LogP contribution in [0.3, 0.4) is 0 Å². The molecule has 20 heavy (non-hydrogen) atoms. The van der Waals surface area contributed by atoms with Gasteiger partial charge >= 0.3 is 0 Å². The van der Waals surface area contributed by atoms with E-state index in [1.54, 1.807) is 0 Å². The Kier molecular flexibility index (Phi) is 3.89. The normalized spacial score (nSPS) is 26.0. The third kappa shape index (κ3) is 2.65. The van der Waals surface area contributed by atoms with Crippen molar-refractivity contribution in [1.82, 2.24) is 4.90 Å². The van der Waals surface area contributed by atoms with Gasteiger partial charge in [-0.2, -0.15) is 0 Å². The van der Waals surface area contributed by atoms with Gasteiger partial charge in [-0.15, -0.1) is 0 Å². The fourth-order valence-electron chi connectivity index (χ4n) is 3.21. The number of halogens is 1. The van der Waals surface area contributed by atoms with Crippen LogP contribution in [0.5, 0.6) is 0 Å². The maximum absolute atomic E-state index is 6.05. The molecule has 1 aromatic carbocycles. The third-order valence-electron chi connectivity index (χ3n) is 4.37. The highest BCUT2D eigenvalue weighted by molar-refractivity contribution is 9.10. The third-order valence-corrected chi connectivity index (χ3v) is 4.87. The number of rotatable bonds is 2. The minimum absolute atomic E-state index is 0.295. The average molecular weight is 337 g/mol. The topological polar surface area (TPSA) is 42.4 Å². The molecule has 0 bridgehead atoms. The van der Waals surface area contributed by atoms with Gasteiger partial charge in [0, 0.05) is 28.5 Å². The minimum Gasteiger partial charge on any atom is -0.459 e. The van der Waals surface area contributed by atoms with Crippen LogP contribution in [-0.4, -0.2) is 23.5 Å². The first-order chi connectivity index (χ1) is 9.54. The van der Waals surface area contributed by atoms with E-state index in [9.17, 15) is 0 Å². The fourth-order valence-corrected chi connectivity index (χ4v) is 3.58. The number of likely N-dealkylation sites (tertiary alicyclic amines) is 1. The highest BCUT2D eigenvalue weighted by atomic mass is 79.9. The highest BCUT2D eigenvalue weighted by Gasteiger charge is 2.29. The van der Waals surface area contributed by atoms with Gasteiger partial charge in [-0.05, 0) is 51.0 Å². The summed E-state index contributed by atoms with van der Waals surface area (Å²) in [6, 6.07) is 9.45. The van der Waals surface area contributed by atoms with Gasteiger partial charge in [-0.25, -0.2) is 0 Å². The second-order valence-electron chi connectivity index (χ2n) is 5.88. The molecule has 0 amide bonds. The predicted molar refractivity (Wildman–Crippen MR) is 85.7 cm³/mol. The van der Waals surface area contributed by atoms with Gasteiger partial charge in [-0.1, -0.05) is 15.9 Å². The van der Waals surface area contributed by atoms with Gasteiger partial charge in [0.15, 0.2) is 0 Å². The lowest BCUT2D eigenvalue weighted by atomic mass is 9.97. The zero-order valence-electron chi connectivity index (χ0n) is 12.0. The zero-order chi connectivity index (χ0) is 14.3. The number of nitrogens with zero attached hydrogens (tertiary/aromatic N) is 1. The van der Waals surface area contributed by atoms with Crippen LogP contribution in [-0.2, 0) is 0 Å². The van der Waals surface area contributed by atoms with Crippen molar-refractivity contribution in [3.05, 3.63) is 34.5 Å². The Labute approximate surface area is 128 Å². The van der Waals surface area contributed by atoms with E-state index in [-0.39, 0.29) is 0 Å². The molecular weight excluding hydrogens is 316 g/mol. The van der Waals surface area contributed by atoms with Crippen molar-refractivity contribution in [2.45, 2.75) is 44.8 Å². The Morgan fingerprint density at radius 1 is 1.40 bits per heavy atom. The number of hydrogen-bond donors (Lipinski definition) is 1. The summed E-state index contributed by atoms with van der Waals surface area (Å²) in [6.07, 6.45) is 2.14. The maximum Gasteiger partial charge on any atom is 0.134 e. The lowest BCUT2D eigenvalue weighted by Crippen LogP contribution is -2.46. The second kappa shape index (κ2) is 5.51. The lowest BCUT2D eigenvalue weighted by molar-refractivity contribution is 0.0936. The number of piperidine rings is 1. The Hall–Kier alpha value is -0.840. The average Bonchev–Trinajstić information content (AvgIpc) is 2.81. The number of hydrogen-bond acceptors (Lipinski definition) is 3. The fraction of sp³-hybridized carbons (Fsp3) is 0.500. The standard InChI is InChI=1S/C16H21BrN2O/c1-10-7-14(18)5-6-19(10)11(2)16-9-12-8-13(17)3-4-15(12)20-16/h3-4,8-11,14H,5-7,18H2,1-2H3.